The van der Waals surface area contributed by atoms with Crippen molar-refractivity contribution in [1.29, 1.82) is 0 Å². The molecule has 0 bridgehead atoms. The van der Waals surface area contributed by atoms with Crippen molar-refractivity contribution < 1.29 is 9.59 Å². The van der Waals surface area contributed by atoms with Crippen LogP contribution in [0.15, 0.2) is 30.3 Å². The van der Waals surface area contributed by atoms with Gasteiger partial charge in [0.2, 0.25) is 5.91 Å². The average Bonchev–Trinajstić information content (AvgIpc) is 2.46. The Morgan fingerprint density at radius 2 is 1.94 bits per heavy atom. The van der Waals surface area contributed by atoms with Crippen molar-refractivity contribution >= 4 is 12.2 Å². The summed E-state index contributed by atoms with van der Waals surface area (Å²) < 4.78 is 0. The van der Waals surface area contributed by atoms with Crippen molar-refractivity contribution in [1.82, 2.24) is 10.2 Å². The zero-order valence-corrected chi connectivity index (χ0v) is 10.3. The lowest BCUT2D eigenvalue weighted by Gasteiger charge is -2.30. The van der Waals surface area contributed by atoms with Gasteiger partial charge in [0, 0.05) is 32.6 Å². The van der Waals surface area contributed by atoms with Crippen LogP contribution in [-0.4, -0.2) is 43.3 Å². The fourth-order valence-corrected chi connectivity index (χ4v) is 2.27. The summed E-state index contributed by atoms with van der Waals surface area (Å²) in [5.41, 5.74) is 0.924. The van der Waals surface area contributed by atoms with Gasteiger partial charge in [-0.25, -0.2) is 0 Å². The van der Waals surface area contributed by atoms with Gasteiger partial charge in [-0.1, -0.05) is 30.3 Å². The minimum absolute atomic E-state index is 0.0646. The first-order valence-electron chi connectivity index (χ1n) is 6.31. The van der Waals surface area contributed by atoms with Crippen LogP contribution in [0.4, 0.5) is 0 Å². The number of nitrogens with zero attached hydrogens (tertiary/aromatic N) is 1. The first kappa shape index (κ1) is 12.8. The van der Waals surface area contributed by atoms with Gasteiger partial charge in [-0.3, -0.25) is 4.79 Å². The third kappa shape index (κ3) is 2.96. The van der Waals surface area contributed by atoms with E-state index in [1.54, 1.807) is 0 Å². The molecule has 0 aromatic heterocycles. The molecule has 4 heteroatoms. The zero-order valence-electron chi connectivity index (χ0n) is 10.3. The van der Waals surface area contributed by atoms with Gasteiger partial charge in [0.1, 0.15) is 6.29 Å². The number of aldehydes is 1. The highest BCUT2D eigenvalue weighted by atomic mass is 16.2. The molecule has 18 heavy (non-hydrogen) atoms. The van der Waals surface area contributed by atoms with Crippen LogP contribution >= 0.6 is 0 Å². The van der Waals surface area contributed by atoms with Gasteiger partial charge in [-0.2, -0.15) is 0 Å². The Morgan fingerprint density at radius 3 is 2.56 bits per heavy atom. The average molecular weight is 246 g/mol. The second-order valence-corrected chi connectivity index (χ2v) is 4.44. The highest BCUT2D eigenvalue weighted by molar-refractivity contribution is 5.86. The standard InChI is InChI=1S/C14H18N2O2/c17-11-6-13(12-4-2-1-3-5-12)14(18)16-9-7-15-8-10-16/h1-5,11,13,15H,6-10H2. The van der Waals surface area contributed by atoms with Gasteiger partial charge in [0.05, 0.1) is 5.92 Å². The highest BCUT2D eigenvalue weighted by Crippen LogP contribution is 2.21. The van der Waals surface area contributed by atoms with Crippen LogP contribution in [0.3, 0.4) is 0 Å². The van der Waals surface area contributed by atoms with Crippen LogP contribution in [0.2, 0.25) is 0 Å². The van der Waals surface area contributed by atoms with E-state index in [1.807, 2.05) is 35.2 Å². The number of nitrogens with one attached hydrogen (secondary N) is 1. The molecule has 1 amide bonds. The first-order chi connectivity index (χ1) is 8.83. The summed E-state index contributed by atoms with van der Waals surface area (Å²) in [6.07, 6.45) is 1.09. The molecule has 1 aliphatic rings. The fourth-order valence-electron chi connectivity index (χ4n) is 2.27. The van der Waals surface area contributed by atoms with E-state index in [-0.39, 0.29) is 18.2 Å². The SMILES string of the molecule is O=CCC(C(=O)N1CCNCC1)c1ccccc1. The van der Waals surface area contributed by atoms with Crippen LogP contribution in [0.5, 0.6) is 0 Å². The molecule has 1 atom stereocenters. The third-order valence-corrected chi connectivity index (χ3v) is 3.26. The molecule has 1 unspecified atom stereocenters. The lowest BCUT2D eigenvalue weighted by atomic mass is 9.94. The van der Waals surface area contributed by atoms with Gasteiger partial charge in [-0.05, 0) is 5.56 Å². The lowest BCUT2D eigenvalue weighted by Crippen LogP contribution is -2.48. The lowest BCUT2D eigenvalue weighted by molar-refractivity contribution is -0.134. The maximum absolute atomic E-state index is 12.4. The fraction of sp³-hybridized carbons (Fsp3) is 0.429. The molecular formula is C14H18N2O2. The molecule has 4 nitrogen and oxygen atoms in total. The van der Waals surface area contributed by atoms with Gasteiger partial charge < -0.3 is 15.0 Å². The highest BCUT2D eigenvalue weighted by Gasteiger charge is 2.26. The number of carbonyl (C=O) groups is 2. The second-order valence-electron chi connectivity index (χ2n) is 4.44. The number of hydrogen-bond donors (Lipinski definition) is 1. The zero-order chi connectivity index (χ0) is 12.8. The van der Waals surface area contributed by atoms with E-state index >= 15 is 0 Å². The summed E-state index contributed by atoms with van der Waals surface area (Å²) in [4.78, 5) is 25.1. The Bertz CT molecular complexity index is 400. The van der Waals surface area contributed by atoms with E-state index in [4.69, 9.17) is 0 Å². The first-order valence-corrected chi connectivity index (χ1v) is 6.31. The van der Waals surface area contributed by atoms with Crippen molar-refractivity contribution in [2.45, 2.75) is 12.3 Å². The molecule has 1 saturated heterocycles. The Balaban J connectivity index is 2.14. The Labute approximate surface area is 107 Å². The molecule has 1 fully saturated rings. The smallest absolute Gasteiger partial charge is 0.230 e. The topological polar surface area (TPSA) is 49.4 Å². The van der Waals surface area contributed by atoms with Crippen molar-refractivity contribution in [3.8, 4) is 0 Å². The number of carbonyl (C=O) groups excluding carboxylic acids is 2. The van der Waals surface area contributed by atoms with Gasteiger partial charge in [0.25, 0.3) is 0 Å². The molecule has 0 radical (unpaired) electrons. The molecule has 2 rings (SSSR count). The number of piperazine rings is 1. The largest absolute Gasteiger partial charge is 0.340 e. The third-order valence-electron chi connectivity index (χ3n) is 3.26. The maximum atomic E-state index is 12.4. The molecule has 0 aliphatic carbocycles. The number of rotatable bonds is 4. The van der Waals surface area contributed by atoms with E-state index in [1.165, 1.54) is 0 Å². The van der Waals surface area contributed by atoms with Crippen LogP contribution in [-0.2, 0) is 9.59 Å². The Morgan fingerprint density at radius 1 is 1.28 bits per heavy atom. The predicted octanol–water partition coefficient (Wildman–Crippen LogP) is 0.791. The van der Waals surface area contributed by atoms with Crippen LogP contribution in [0, 0.1) is 0 Å². The van der Waals surface area contributed by atoms with E-state index in [0.29, 0.717) is 0 Å². The van der Waals surface area contributed by atoms with Crippen LogP contribution < -0.4 is 5.32 Å². The summed E-state index contributed by atoms with van der Waals surface area (Å²) in [5, 5.41) is 3.22. The van der Waals surface area contributed by atoms with Gasteiger partial charge in [-0.15, -0.1) is 0 Å². The minimum atomic E-state index is -0.332. The molecule has 96 valence electrons. The van der Waals surface area contributed by atoms with Crippen LogP contribution in [0.1, 0.15) is 17.9 Å². The van der Waals surface area contributed by atoms with Crippen molar-refractivity contribution in [2.75, 3.05) is 26.2 Å². The summed E-state index contributed by atoms with van der Waals surface area (Å²) >= 11 is 0. The predicted molar refractivity (Wildman–Crippen MR) is 69.3 cm³/mol. The molecule has 1 aromatic rings. The van der Waals surface area contributed by atoms with E-state index in [2.05, 4.69) is 5.32 Å². The molecule has 1 heterocycles. The number of hydrogen-bond acceptors (Lipinski definition) is 3. The van der Waals surface area contributed by atoms with Crippen molar-refractivity contribution in [2.24, 2.45) is 0 Å². The van der Waals surface area contributed by atoms with E-state index < -0.39 is 0 Å². The molecule has 0 saturated carbocycles. The molecule has 1 N–H and O–H groups in total. The molecule has 1 aromatic carbocycles. The van der Waals surface area contributed by atoms with Gasteiger partial charge in [0.15, 0.2) is 0 Å². The summed E-state index contributed by atoms with van der Waals surface area (Å²) in [5.74, 6) is -0.267. The summed E-state index contributed by atoms with van der Waals surface area (Å²) in [6, 6.07) is 9.54. The Kier molecular flexibility index (Phi) is 4.47. The van der Waals surface area contributed by atoms with Crippen LogP contribution in [0.25, 0.3) is 0 Å². The normalized spacial score (nSPS) is 17.2. The Hall–Kier alpha value is -1.68. The number of amides is 1. The molecule has 1 aliphatic heterocycles. The van der Waals surface area contributed by atoms with E-state index in [0.717, 1.165) is 38.0 Å². The molecule has 0 spiro atoms. The minimum Gasteiger partial charge on any atom is -0.340 e. The maximum Gasteiger partial charge on any atom is 0.230 e. The summed E-state index contributed by atoms with van der Waals surface area (Å²) in [7, 11) is 0. The summed E-state index contributed by atoms with van der Waals surface area (Å²) in [6.45, 7) is 3.10. The second kappa shape index (κ2) is 6.31. The van der Waals surface area contributed by atoms with Crippen molar-refractivity contribution in [3.63, 3.8) is 0 Å². The quantitative estimate of drug-likeness (QED) is 0.799. The van der Waals surface area contributed by atoms with Gasteiger partial charge >= 0.3 is 0 Å². The number of benzene rings is 1. The monoisotopic (exact) mass is 246 g/mol. The van der Waals surface area contributed by atoms with Crippen molar-refractivity contribution in [3.05, 3.63) is 35.9 Å². The van der Waals surface area contributed by atoms with E-state index in [9.17, 15) is 9.59 Å². The molecular weight excluding hydrogens is 228 g/mol.